The predicted octanol–water partition coefficient (Wildman–Crippen LogP) is 2.95. The summed E-state index contributed by atoms with van der Waals surface area (Å²) in [7, 11) is -1.82. The average molecular weight is 403 g/mol. The number of anilines is 1. The number of likely N-dealkylation sites (tertiary alicyclic amines) is 1. The molecule has 1 aliphatic rings. The monoisotopic (exact) mass is 402 g/mol. The van der Waals surface area contributed by atoms with Crippen molar-refractivity contribution in [3.8, 4) is 0 Å². The molecule has 150 valence electrons. The highest BCUT2D eigenvalue weighted by atomic mass is 32.2. The third-order valence-electron chi connectivity index (χ3n) is 5.00. The lowest BCUT2D eigenvalue weighted by molar-refractivity contribution is 0.0600. The average Bonchev–Trinajstić information content (AvgIpc) is 2.69. The van der Waals surface area contributed by atoms with Gasteiger partial charge >= 0.3 is 5.97 Å². The van der Waals surface area contributed by atoms with E-state index in [1.54, 1.807) is 30.3 Å². The van der Waals surface area contributed by atoms with E-state index in [2.05, 4.69) is 10.2 Å². The number of sulfone groups is 1. The molecule has 1 heterocycles. The van der Waals surface area contributed by atoms with E-state index < -0.39 is 9.84 Å². The van der Waals surface area contributed by atoms with Crippen LogP contribution in [0.1, 0.15) is 28.8 Å². The van der Waals surface area contributed by atoms with E-state index >= 15 is 0 Å². The van der Waals surface area contributed by atoms with Gasteiger partial charge in [-0.15, -0.1) is 0 Å². The molecule has 3 rings (SSSR count). The molecule has 0 aromatic heterocycles. The highest BCUT2D eigenvalue weighted by Crippen LogP contribution is 2.21. The minimum absolute atomic E-state index is 0.321. The zero-order valence-corrected chi connectivity index (χ0v) is 17.0. The zero-order valence-electron chi connectivity index (χ0n) is 16.2. The van der Waals surface area contributed by atoms with Gasteiger partial charge in [0.2, 0.25) is 0 Å². The first-order chi connectivity index (χ1) is 13.3. The summed E-state index contributed by atoms with van der Waals surface area (Å²) in [5.74, 6) is -0.321. The van der Waals surface area contributed by atoms with E-state index in [0.29, 0.717) is 16.5 Å². The van der Waals surface area contributed by atoms with Crippen molar-refractivity contribution in [1.29, 1.82) is 0 Å². The van der Waals surface area contributed by atoms with Gasteiger partial charge in [-0.1, -0.05) is 18.2 Å². The summed E-state index contributed by atoms with van der Waals surface area (Å²) in [5.41, 5.74) is 2.57. The Morgan fingerprint density at radius 2 is 1.82 bits per heavy atom. The molecule has 1 aliphatic heterocycles. The largest absolute Gasteiger partial charge is 0.465 e. The van der Waals surface area contributed by atoms with Crippen molar-refractivity contribution >= 4 is 21.5 Å². The minimum Gasteiger partial charge on any atom is -0.465 e. The van der Waals surface area contributed by atoms with Crippen LogP contribution in [0.5, 0.6) is 0 Å². The lowest BCUT2D eigenvalue weighted by atomic mass is 10.0. The molecular weight excluding hydrogens is 376 g/mol. The fourth-order valence-corrected chi connectivity index (χ4v) is 4.08. The van der Waals surface area contributed by atoms with Crippen molar-refractivity contribution in [2.24, 2.45) is 0 Å². The number of piperidine rings is 1. The number of esters is 1. The van der Waals surface area contributed by atoms with E-state index in [1.807, 2.05) is 18.2 Å². The van der Waals surface area contributed by atoms with Crippen LogP contribution in [0.3, 0.4) is 0 Å². The van der Waals surface area contributed by atoms with Gasteiger partial charge in [0.05, 0.1) is 17.6 Å². The number of ether oxygens (including phenoxy) is 1. The van der Waals surface area contributed by atoms with Gasteiger partial charge in [0.15, 0.2) is 9.84 Å². The summed E-state index contributed by atoms with van der Waals surface area (Å²) >= 11 is 0. The van der Waals surface area contributed by atoms with Crippen LogP contribution in [0, 0.1) is 0 Å². The Hall–Kier alpha value is -2.38. The normalized spacial score (nSPS) is 15.9. The second kappa shape index (κ2) is 8.75. The predicted molar refractivity (Wildman–Crippen MR) is 109 cm³/mol. The van der Waals surface area contributed by atoms with Crippen LogP contribution in [-0.2, 0) is 21.1 Å². The summed E-state index contributed by atoms with van der Waals surface area (Å²) in [6, 6.07) is 14.8. The summed E-state index contributed by atoms with van der Waals surface area (Å²) < 4.78 is 28.1. The van der Waals surface area contributed by atoms with E-state index in [0.717, 1.165) is 38.2 Å². The zero-order chi connectivity index (χ0) is 20.1. The molecule has 0 saturated carbocycles. The fourth-order valence-electron chi connectivity index (χ4n) is 3.41. The molecule has 7 heteroatoms. The van der Waals surface area contributed by atoms with E-state index in [-0.39, 0.29) is 5.97 Å². The van der Waals surface area contributed by atoms with Crippen LogP contribution in [0.4, 0.5) is 5.69 Å². The molecule has 2 aromatic rings. The highest BCUT2D eigenvalue weighted by Gasteiger charge is 2.19. The van der Waals surface area contributed by atoms with E-state index in [4.69, 9.17) is 4.74 Å². The molecule has 1 saturated heterocycles. The van der Waals surface area contributed by atoms with Crippen LogP contribution in [0.25, 0.3) is 0 Å². The van der Waals surface area contributed by atoms with Crippen LogP contribution in [0.15, 0.2) is 53.4 Å². The van der Waals surface area contributed by atoms with E-state index in [9.17, 15) is 13.2 Å². The van der Waals surface area contributed by atoms with Crippen molar-refractivity contribution in [3.63, 3.8) is 0 Å². The van der Waals surface area contributed by atoms with Gasteiger partial charge in [-0.25, -0.2) is 13.2 Å². The van der Waals surface area contributed by atoms with Crippen LogP contribution >= 0.6 is 0 Å². The van der Waals surface area contributed by atoms with Crippen LogP contribution < -0.4 is 5.32 Å². The molecule has 2 aromatic carbocycles. The first kappa shape index (κ1) is 20.4. The van der Waals surface area contributed by atoms with Crippen LogP contribution in [0.2, 0.25) is 0 Å². The molecular formula is C21H26N2O4S. The molecule has 0 spiro atoms. The maximum atomic E-state index is 11.7. The van der Waals surface area contributed by atoms with Gasteiger partial charge < -0.3 is 10.1 Å². The number of benzene rings is 2. The lowest BCUT2D eigenvalue weighted by Crippen LogP contribution is -2.38. The summed E-state index contributed by atoms with van der Waals surface area (Å²) in [5, 5.41) is 3.46. The maximum absolute atomic E-state index is 11.7. The standard InChI is InChI=1S/C21H26N2O4S/c1-27-21(24)17-8-6-16(7-9-17)15-23-12-10-18(11-13-23)22-19-4-3-5-20(14-19)28(2,25)26/h3-9,14,18,22H,10-13,15H2,1-2H3. The van der Waals surface area contributed by atoms with Crippen molar-refractivity contribution in [2.45, 2.75) is 30.3 Å². The van der Waals surface area contributed by atoms with Crippen LogP contribution in [-0.4, -0.2) is 51.8 Å². The van der Waals surface area contributed by atoms with Gasteiger partial charge in [-0.05, 0) is 48.7 Å². The Morgan fingerprint density at radius 1 is 1.14 bits per heavy atom. The molecule has 1 N–H and O–H groups in total. The molecule has 0 unspecified atom stereocenters. The van der Waals surface area contributed by atoms with Crippen molar-refractivity contribution in [1.82, 2.24) is 4.90 Å². The Balaban J connectivity index is 1.51. The lowest BCUT2D eigenvalue weighted by Gasteiger charge is -2.33. The summed E-state index contributed by atoms with van der Waals surface area (Å²) in [6.07, 6.45) is 3.20. The number of nitrogens with one attached hydrogen (secondary N) is 1. The molecule has 0 aliphatic carbocycles. The molecule has 1 fully saturated rings. The second-order valence-electron chi connectivity index (χ2n) is 7.18. The third-order valence-corrected chi connectivity index (χ3v) is 6.11. The topological polar surface area (TPSA) is 75.7 Å². The molecule has 0 bridgehead atoms. The Labute approximate surface area is 166 Å². The molecule has 0 atom stereocenters. The van der Waals surface area contributed by atoms with Gasteiger partial charge in [0.25, 0.3) is 0 Å². The molecule has 0 amide bonds. The van der Waals surface area contributed by atoms with Gasteiger partial charge in [-0.2, -0.15) is 0 Å². The number of carbonyl (C=O) groups excluding carboxylic acids is 1. The van der Waals surface area contributed by atoms with Crippen molar-refractivity contribution in [3.05, 3.63) is 59.7 Å². The minimum atomic E-state index is -3.20. The molecule has 28 heavy (non-hydrogen) atoms. The highest BCUT2D eigenvalue weighted by molar-refractivity contribution is 7.90. The third kappa shape index (κ3) is 5.33. The smallest absolute Gasteiger partial charge is 0.337 e. The fraction of sp³-hybridized carbons (Fsp3) is 0.381. The van der Waals surface area contributed by atoms with Crippen molar-refractivity contribution < 1.29 is 17.9 Å². The Kier molecular flexibility index (Phi) is 6.36. The first-order valence-corrected chi connectivity index (χ1v) is 11.2. The number of methoxy groups -OCH3 is 1. The number of rotatable bonds is 6. The quantitative estimate of drug-likeness (QED) is 0.749. The van der Waals surface area contributed by atoms with Gasteiger partial charge in [-0.3, -0.25) is 4.90 Å². The van der Waals surface area contributed by atoms with Gasteiger partial charge in [0.1, 0.15) is 0 Å². The number of hydrogen-bond acceptors (Lipinski definition) is 6. The number of hydrogen-bond donors (Lipinski definition) is 1. The maximum Gasteiger partial charge on any atom is 0.337 e. The molecule has 0 radical (unpaired) electrons. The second-order valence-corrected chi connectivity index (χ2v) is 9.20. The number of carbonyl (C=O) groups is 1. The van der Waals surface area contributed by atoms with Crippen molar-refractivity contribution in [2.75, 3.05) is 31.8 Å². The number of nitrogens with zero attached hydrogens (tertiary/aromatic N) is 1. The Morgan fingerprint density at radius 3 is 2.43 bits per heavy atom. The van der Waals surface area contributed by atoms with Gasteiger partial charge in [0, 0.05) is 37.6 Å². The summed E-state index contributed by atoms with van der Waals surface area (Å²) in [6.45, 7) is 2.77. The molecule has 6 nitrogen and oxygen atoms in total. The SMILES string of the molecule is COC(=O)c1ccc(CN2CCC(Nc3cccc(S(C)(=O)=O)c3)CC2)cc1. The first-order valence-electron chi connectivity index (χ1n) is 9.31. The summed E-state index contributed by atoms with van der Waals surface area (Å²) in [4.78, 5) is 14.2. The Bertz CT molecular complexity index is 918. The van der Waals surface area contributed by atoms with E-state index in [1.165, 1.54) is 18.9 Å².